The van der Waals surface area contributed by atoms with Crippen molar-refractivity contribution in [2.45, 2.75) is 70.4 Å². The lowest BCUT2D eigenvalue weighted by atomic mass is 9.93. The van der Waals surface area contributed by atoms with Crippen molar-refractivity contribution in [1.82, 2.24) is 5.32 Å². The fourth-order valence-electron chi connectivity index (χ4n) is 2.64. The summed E-state index contributed by atoms with van der Waals surface area (Å²) in [5, 5.41) is 3.63. The van der Waals surface area contributed by atoms with Crippen LogP contribution in [0.5, 0.6) is 0 Å². The van der Waals surface area contributed by atoms with Crippen molar-refractivity contribution in [3.8, 4) is 0 Å². The molecule has 0 saturated heterocycles. The van der Waals surface area contributed by atoms with Gasteiger partial charge in [-0.05, 0) is 51.0 Å². The largest absolute Gasteiger partial charge is 0.378 e. The second-order valence-electron chi connectivity index (χ2n) is 5.54. The number of ether oxygens (including phenoxy) is 1. The van der Waals surface area contributed by atoms with E-state index in [0.29, 0.717) is 6.10 Å². The molecule has 0 radical (unpaired) electrons. The molecular formula is C14H27NO. The molecule has 2 unspecified atom stereocenters. The maximum atomic E-state index is 6.00. The Morgan fingerprint density at radius 3 is 2.81 bits per heavy atom. The van der Waals surface area contributed by atoms with Crippen LogP contribution in [0, 0.1) is 5.92 Å². The molecule has 16 heavy (non-hydrogen) atoms. The molecule has 2 aliphatic carbocycles. The highest BCUT2D eigenvalue weighted by atomic mass is 16.5. The van der Waals surface area contributed by atoms with E-state index in [9.17, 15) is 0 Å². The van der Waals surface area contributed by atoms with Crippen molar-refractivity contribution in [3.05, 3.63) is 0 Å². The maximum Gasteiger partial charge on any atom is 0.0590 e. The van der Waals surface area contributed by atoms with Gasteiger partial charge in [0, 0.05) is 12.6 Å². The highest BCUT2D eigenvalue weighted by Gasteiger charge is 2.24. The van der Waals surface area contributed by atoms with Crippen molar-refractivity contribution < 1.29 is 4.74 Å². The Hall–Kier alpha value is -0.0800. The first kappa shape index (κ1) is 12.4. The van der Waals surface area contributed by atoms with Crippen LogP contribution in [0.3, 0.4) is 0 Å². The molecule has 2 atom stereocenters. The van der Waals surface area contributed by atoms with Gasteiger partial charge in [0.1, 0.15) is 0 Å². The molecule has 0 amide bonds. The van der Waals surface area contributed by atoms with E-state index >= 15 is 0 Å². The highest BCUT2D eigenvalue weighted by Crippen LogP contribution is 2.32. The zero-order valence-corrected chi connectivity index (χ0v) is 10.7. The van der Waals surface area contributed by atoms with E-state index in [1.54, 1.807) is 0 Å². The summed E-state index contributed by atoms with van der Waals surface area (Å²) in [6, 6.07) is 0.722. The van der Waals surface area contributed by atoms with E-state index in [1.807, 2.05) is 0 Å². The molecule has 0 aromatic heterocycles. The summed E-state index contributed by atoms with van der Waals surface area (Å²) in [6.07, 6.45) is 11.2. The number of rotatable bonds is 7. The summed E-state index contributed by atoms with van der Waals surface area (Å²) >= 11 is 0. The van der Waals surface area contributed by atoms with Gasteiger partial charge >= 0.3 is 0 Å². The van der Waals surface area contributed by atoms with Crippen LogP contribution in [-0.2, 0) is 4.74 Å². The predicted octanol–water partition coefficient (Wildman–Crippen LogP) is 3.11. The van der Waals surface area contributed by atoms with Crippen LogP contribution in [0.4, 0.5) is 0 Å². The minimum atomic E-state index is 0.543. The average Bonchev–Trinajstić information content (AvgIpc) is 3.11. The van der Waals surface area contributed by atoms with Crippen LogP contribution in [0.1, 0.15) is 58.3 Å². The number of nitrogens with one attached hydrogen (secondary N) is 1. The summed E-state index contributed by atoms with van der Waals surface area (Å²) in [5.41, 5.74) is 0. The molecule has 94 valence electrons. The average molecular weight is 225 g/mol. The Bertz CT molecular complexity index is 191. The maximum absolute atomic E-state index is 6.00. The van der Waals surface area contributed by atoms with Gasteiger partial charge in [-0.1, -0.05) is 19.8 Å². The Morgan fingerprint density at radius 1 is 1.19 bits per heavy atom. The molecule has 0 aromatic rings. The second kappa shape index (κ2) is 6.61. The third-order valence-corrected chi connectivity index (χ3v) is 3.89. The lowest BCUT2D eigenvalue weighted by molar-refractivity contribution is 0.0167. The summed E-state index contributed by atoms with van der Waals surface area (Å²) in [7, 11) is 0. The Morgan fingerprint density at radius 2 is 2.06 bits per heavy atom. The molecule has 2 rings (SSSR count). The van der Waals surface area contributed by atoms with Gasteiger partial charge in [-0.15, -0.1) is 0 Å². The number of hydrogen-bond donors (Lipinski definition) is 1. The molecule has 0 heterocycles. The van der Waals surface area contributed by atoms with Crippen LogP contribution >= 0.6 is 0 Å². The molecule has 0 aromatic carbocycles. The van der Waals surface area contributed by atoms with Gasteiger partial charge in [-0.2, -0.15) is 0 Å². The summed E-state index contributed by atoms with van der Waals surface area (Å²) < 4.78 is 6.00. The Labute approximate surface area is 100 Å². The molecule has 0 bridgehead atoms. The highest BCUT2D eigenvalue weighted by molar-refractivity contribution is 4.79. The van der Waals surface area contributed by atoms with Gasteiger partial charge in [-0.25, -0.2) is 0 Å². The van der Waals surface area contributed by atoms with Gasteiger partial charge < -0.3 is 10.1 Å². The smallest absolute Gasteiger partial charge is 0.0590 e. The fourth-order valence-corrected chi connectivity index (χ4v) is 2.64. The van der Waals surface area contributed by atoms with Crippen molar-refractivity contribution in [1.29, 1.82) is 0 Å². The monoisotopic (exact) mass is 225 g/mol. The van der Waals surface area contributed by atoms with Crippen LogP contribution in [0.15, 0.2) is 0 Å². The third kappa shape index (κ3) is 4.42. The van der Waals surface area contributed by atoms with Gasteiger partial charge in [0.05, 0.1) is 6.10 Å². The Kier molecular flexibility index (Phi) is 5.11. The molecule has 0 aliphatic heterocycles. The lowest BCUT2D eigenvalue weighted by Gasteiger charge is -2.30. The molecule has 1 N–H and O–H groups in total. The molecule has 2 aliphatic rings. The van der Waals surface area contributed by atoms with Crippen LogP contribution in [0.2, 0.25) is 0 Å². The number of hydrogen-bond acceptors (Lipinski definition) is 2. The zero-order valence-electron chi connectivity index (χ0n) is 10.7. The summed E-state index contributed by atoms with van der Waals surface area (Å²) in [5.74, 6) is 1.01. The molecular weight excluding hydrogens is 198 g/mol. The topological polar surface area (TPSA) is 21.3 Å². The van der Waals surface area contributed by atoms with E-state index < -0.39 is 0 Å². The van der Waals surface area contributed by atoms with Crippen molar-refractivity contribution >= 4 is 0 Å². The van der Waals surface area contributed by atoms with Gasteiger partial charge in [0.15, 0.2) is 0 Å². The lowest BCUT2D eigenvalue weighted by Crippen LogP contribution is -2.37. The van der Waals surface area contributed by atoms with E-state index in [4.69, 9.17) is 4.74 Å². The van der Waals surface area contributed by atoms with E-state index in [-0.39, 0.29) is 0 Å². The van der Waals surface area contributed by atoms with Gasteiger partial charge in [0.25, 0.3) is 0 Å². The quantitative estimate of drug-likeness (QED) is 0.719. The second-order valence-corrected chi connectivity index (χ2v) is 5.54. The minimum Gasteiger partial charge on any atom is -0.378 e. The van der Waals surface area contributed by atoms with Crippen molar-refractivity contribution in [2.24, 2.45) is 5.92 Å². The van der Waals surface area contributed by atoms with Gasteiger partial charge in [-0.3, -0.25) is 0 Å². The molecule has 2 saturated carbocycles. The van der Waals surface area contributed by atoms with E-state index in [0.717, 1.165) is 18.6 Å². The van der Waals surface area contributed by atoms with Gasteiger partial charge in [0.2, 0.25) is 0 Å². The fraction of sp³-hybridized carbons (Fsp3) is 1.00. The first-order valence-electron chi connectivity index (χ1n) is 7.23. The van der Waals surface area contributed by atoms with E-state index in [1.165, 1.54) is 57.9 Å². The minimum absolute atomic E-state index is 0.543. The molecule has 2 nitrogen and oxygen atoms in total. The van der Waals surface area contributed by atoms with Crippen molar-refractivity contribution in [2.75, 3.05) is 13.2 Å². The molecule has 2 fully saturated rings. The SMILES string of the molecule is CCCNC1CCCC(OCCC2CC2)C1. The standard InChI is InChI=1S/C14H27NO/c1-2-9-15-13-4-3-5-14(11-13)16-10-8-12-6-7-12/h12-15H,2-11H2,1H3. The first-order chi connectivity index (χ1) is 7.88. The molecule has 2 heteroatoms. The Balaban J connectivity index is 1.57. The van der Waals surface area contributed by atoms with E-state index in [2.05, 4.69) is 12.2 Å². The van der Waals surface area contributed by atoms with Crippen LogP contribution in [0.25, 0.3) is 0 Å². The molecule has 0 spiro atoms. The predicted molar refractivity (Wildman–Crippen MR) is 67.6 cm³/mol. The summed E-state index contributed by atoms with van der Waals surface area (Å²) in [6.45, 7) is 4.41. The normalized spacial score (nSPS) is 30.6. The van der Waals surface area contributed by atoms with Crippen LogP contribution in [-0.4, -0.2) is 25.3 Å². The summed E-state index contributed by atoms with van der Waals surface area (Å²) in [4.78, 5) is 0. The first-order valence-corrected chi connectivity index (χ1v) is 7.23. The zero-order chi connectivity index (χ0) is 11.2. The third-order valence-electron chi connectivity index (χ3n) is 3.89. The van der Waals surface area contributed by atoms with Crippen LogP contribution < -0.4 is 5.32 Å². The van der Waals surface area contributed by atoms with Crippen molar-refractivity contribution in [3.63, 3.8) is 0 Å².